The van der Waals surface area contributed by atoms with Crippen molar-refractivity contribution in [1.29, 1.82) is 0 Å². The lowest BCUT2D eigenvalue weighted by Crippen LogP contribution is -2.12. The van der Waals surface area contributed by atoms with E-state index in [4.69, 9.17) is 4.52 Å². The first-order valence-corrected chi connectivity index (χ1v) is 9.95. The topological polar surface area (TPSA) is 26.3 Å². The van der Waals surface area contributed by atoms with Gasteiger partial charge in [0.15, 0.2) is 0 Å². The Balaban J connectivity index is 2.09. The third-order valence-corrected chi connectivity index (χ3v) is 6.20. The fourth-order valence-corrected chi connectivity index (χ4v) is 4.64. The quantitative estimate of drug-likeness (QED) is 0.442. The first-order valence-electron chi connectivity index (χ1n) is 8.14. The summed E-state index contributed by atoms with van der Waals surface area (Å²) in [5.74, 6) is 0.684. The van der Waals surface area contributed by atoms with Crippen molar-refractivity contribution < 1.29 is 9.09 Å². The highest BCUT2D eigenvalue weighted by Gasteiger charge is 2.26. The van der Waals surface area contributed by atoms with Gasteiger partial charge < -0.3 is 4.52 Å². The van der Waals surface area contributed by atoms with Crippen LogP contribution in [0.2, 0.25) is 0 Å². The van der Waals surface area contributed by atoms with Gasteiger partial charge >= 0.3 is 0 Å². The SMILES string of the molecule is CCCCCCCP(=O)(Oc1ccccc1)c1ccccc1. The van der Waals surface area contributed by atoms with Gasteiger partial charge in [-0.2, -0.15) is 0 Å². The van der Waals surface area contributed by atoms with E-state index in [-0.39, 0.29) is 0 Å². The highest BCUT2D eigenvalue weighted by Crippen LogP contribution is 2.46. The third kappa shape index (κ3) is 5.03. The van der Waals surface area contributed by atoms with Crippen molar-refractivity contribution in [2.75, 3.05) is 6.16 Å². The maximum atomic E-state index is 13.4. The van der Waals surface area contributed by atoms with Crippen LogP contribution in [0.5, 0.6) is 5.75 Å². The summed E-state index contributed by atoms with van der Waals surface area (Å²) in [5, 5.41) is 0.814. The predicted octanol–water partition coefficient (Wildman–Crippen LogP) is 5.64. The van der Waals surface area contributed by atoms with E-state index in [1.165, 1.54) is 19.3 Å². The molecule has 0 aliphatic carbocycles. The zero-order chi connectivity index (χ0) is 15.7. The monoisotopic (exact) mass is 316 g/mol. The number of hydrogen-bond acceptors (Lipinski definition) is 2. The second kappa shape index (κ2) is 8.80. The van der Waals surface area contributed by atoms with Gasteiger partial charge in [0, 0.05) is 11.5 Å². The fourth-order valence-electron chi connectivity index (χ4n) is 2.46. The maximum Gasteiger partial charge on any atom is 0.277 e. The van der Waals surface area contributed by atoms with Crippen LogP contribution in [-0.4, -0.2) is 6.16 Å². The zero-order valence-electron chi connectivity index (χ0n) is 13.3. The Morgan fingerprint density at radius 2 is 1.41 bits per heavy atom. The molecule has 0 saturated heterocycles. The van der Waals surface area contributed by atoms with Crippen molar-refractivity contribution in [1.82, 2.24) is 0 Å². The number of benzene rings is 2. The highest BCUT2D eigenvalue weighted by atomic mass is 31.2. The normalized spacial score (nSPS) is 13.5. The van der Waals surface area contributed by atoms with Gasteiger partial charge in [-0.1, -0.05) is 69.0 Å². The smallest absolute Gasteiger partial charge is 0.277 e. The molecule has 118 valence electrons. The third-order valence-electron chi connectivity index (χ3n) is 3.70. The van der Waals surface area contributed by atoms with Crippen LogP contribution in [0.25, 0.3) is 0 Å². The summed E-state index contributed by atoms with van der Waals surface area (Å²) in [6.45, 7) is 2.20. The summed E-state index contributed by atoms with van der Waals surface area (Å²) in [5.41, 5.74) is 0. The van der Waals surface area contributed by atoms with Gasteiger partial charge in [-0.3, -0.25) is 4.57 Å². The summed E-state index contributed by atoms with van der Waals surface area (Å²) >= 11 is 0. The van der Waals surface area contributed by atoms with Crippen LogP contribution in [-0.2, 0) is 4.57 Å². The molecule has 2 aromatic rings. The summed E-state index contributed by atoms with van der Waals surface area (Å²) in [4.78, 5) is 0. The second-order valence-electron chi connectivity index (χ2n) is 5.55. The number of para-hydroxylation sites is 1. The Morgan fingerprint density at radius 1 is 0.818 bits per heavy atom. The first-order chi connectivity index (χ1) is 10.7. The lowest BCUT2D eigenvalue weighted by atomic mass is 10.2. The fraction of sp³-hybridized carbons (Fsp3) is 0.368. The molecule has 0 amide bonds. The van der Waals surface area contributed by atoms with Crippen LogP contribution in [0.15, 0.2) is 60.7 Å². The number of unbranched alkanes of at least 4 members (excludes halogenated alkanes) is 4. The van der Waals surface area contributed by atoms with E-state index in [2.05, 4.69) is 6.92 Å². The number of hydrogen-bond donors (Lipinski definition) is 0. The Labute approximate surface area is 134 Å². The Kier molecular flexibility index (Phi) is 6.74. The highest BCUT2D eigenvalue weighted by molar-refractivity contribution is 7.67. The molecular formula is C19H25O2P. The lowest BCUT2D eigenvalue weighted by molar-refractivity contribution is 0.488. The molecule has 2 nitrogen and oxygen atoms in total. The van der Waals surface area contributed by atoms with Gasteiger partial charge in [0.1, 0.15) is 5.75 Å². The molecule has 0 aliphatic rings. The van der Waals surface area contributed by atoms with Gasteiger partial charge in [0.2, 0.25) is 0 Å². The van der Waals surface area contributed by atoms with Crippen LogP contribution in [0, 0.1) is 0 Å². The van der Waals surface area contributed by atoms with Gasteiger partial charge in [-0.25, -0.2) is 0 Å². The van der Waals surface area contributed by atoms with Crippen molar-refractivity contribution >= 4 is 12.7 Å². The average Bonchev–Trinajstić information content (AvgIpc) is 2.56. The molecule has 2 rings (SSSR count). The van der Waals surface area contributed by atoms with Gasteiger partial charge in [0.05, 0.1) is 0 Å². The van der Waals surface area contributed by atoms with E-state index >= 15 is 0 Å². The molecule has 0 spiro atoms. The predicted molar refractivity (Wildman–Crippen MR) is 94.4 cm³/mol. The van der Waals surface area contributed by atoms with E-state index in [0.29, 0.717) is 11.9 Å². The molecule has 0 aliphatic heterocycles. The summed E-state index contributed by atoms with van der Waals surface area (Å²) in [6, 6.07) is 19.1. The average molecular weight is 316 g/mol. The number of rotatable bonds is 9. The molecule has 0 bridgehead atoms. The molecule has 0 fully saturated rings. The maximum absolute atomic E-state index is 13.4. The zero-order valence-corrected chi connectivity index (χ0v) is 14.2. The van der Waals surface area contributed by atoms with Crippen molar-refractivity contribution in [3.05, 3.63) is 60.7 Å². The van der Waals surface area contributed by atoms with Crippen molar-refractivity contribution in [2.24, 2.45) is 0 Å². The molecule has 1 unspecified atom stereocenters. The Bertz CT molecular complexity index is 581. The molecule has 0 N–H and O–H groups in total. The van der Waals surface area contributed by atoms with E-state index in [1.54, 1.807) is 0 Å². The minimum Gasteiger partial charge on any atom is -0.440 e. The van der Waals surface area contributed by atoms with Gasteiger partial charge in [0.25, 0.3) is 7.37 Å². The van der Waals surface area contributed by atoms with Crippen LogP contribution in [0.3, 0.4) is 0 Å². The van der Waals surface area contributed by atoms with E-state index in [0.717, 1.165) is 18.1 Å². The minimum atomic E-state index is -2.84. The van der Waals surface area contributed by atoms with E-state index in [9.17, 15) is 4.57 Å². The van der Waals surface area contributed by atoms with Crippen LogP contribution < -0.4 is 9.83 Å². The van der Waals surface area contributed by atoms with Gasteiger partial charge in [-0.05, 0) is 30.7 Å². The molecule has 2 aromatic carbocycles. The van der Waals surface area contributed by atoms with Crippen molar-refractivity contribution in [3.63, 3.8) is 0 Å². The molecule has 0 saturated carbocycles. The molecule has 22 heavy (non-hydrogen) atoms. The van der Waals surface area contributed by atoms with Crippen LogP contribution in [0.1, 0.15) is 39.0 Å². The second-order valence-corrected chi connectivity index (χ2v) is 8.04. The van der Waals surface area contributed by atoms with Crippen LogP contribution >= 0.6 is 7.37 Å². The molecule has 0 heterocycles. The molecule has 0 radical (unpaired) electrons. The largest absolute Gasteiger partial charge is 0.440 e. The lowest BCUT2D eigenvalue weighted by Gasteiger charge is -2.20. The van der Waals surface area contributed by atoms with Crippen molar-refractivity contribution in [2.45, 2.75) is 39.0 Å². The standard InChI is InChI=1S/C19H25O2P/c1-2-3-4-5-12-17-22(20,19-15-10-7-11-16-19)21-18-13-8-6-9-14-18/h6-11,13-16H,2-5,12,17H2,1H3. The Hall–Kier alpha value is -1.53. The molecule has 1 atom stereocenters. The molecule has 3 heteroatoms. The van der Waals surface area contributed by atoms with E-state index < -0.39 is 7.37 Å². The molecular weight excluding hydrogens is 291 g/mol. The Morgan fingerprint density at radius 3 is 2.05 bits per heavy atom. The summed E-state index contributed by atoms with van der Waals surface area (Å²) < 4.78 is 19.3. The van der Waals surface area contributed by atoms with Crippen molar-refractivity contribution in [3.8, 4) is 5.75 Å². The minimum absolute atomic E-state index is 0.607. The van der Waals surface area contributed by atoms with E-state index in [1.807, 2.05) is 60.7 Å². The van der Waals surface area contributed by atoms with Crippen LogP contribution in [0.4, 0.5) is 0 Å². The van der Waals surface area contributed by atoms with Gasteiger partial charge in [-0.15, -0.1) is 0 Å². The summed E-state index contributed by atoms with van der Waals surface area (Å²) in [6.07, 6.45) is 6.33. The first kappa shape index (κ1) is 16.8. The molecule has 0 aromatic heterocycles. The summed E-state index contributed by atoms with van der Waals surface area (Å²) in [7, 11) is -2.84.